The van der Waals surface area contributed by atoms with Crippen molar-refractivity contribution >= 4 is 31.9 Å². The lowest BCUT2D eigenvalue weighted by Crippen LogP contribution is -2.13. The van der Waals surface area contributed by atoms with Crippen molar-refractivity contribution in [3.05, 3.63) is 92.9 Å². The maximum atomic E-state index is 13.2. The summed E-state index contributed by atoms with van der Waals surface area (Å²) in [6, 6.07) is 7.06. The Morgan fingerprint density at radius 1 is 0.724 bits per heavy atom. The molecule has 0 spiro atoms. The minimum atomic E-state index is -4.59. The van der Waals surface area contributed by atoms with E-state index in [1.807, 2.05) is 0 Å². The zero-order chi connectivity index (χ0) is 22.0. The Hall–Kier alpha value is -1.58. The molecule has 2 unspecified atom stereocenters. The second kappa shape index (κ2) is 9.06. The van der Waals surface area contributed by atoms with Crippen molar-refractivity contribution in [1.29, 1.82) is 0 Å². The van der Waals surface area contributed by atoms with E-state index in [0.29, 0.717) is 0 Å². The molecule has 0 aromatic heterocycles. The second-order valence-corrected chi connectivity index (χ2v) is 7.45. The molecule has 0 aliphatic heterocycles. The SMILES string of the molecule is C=CC(OC(C=C)c1cccc(C(F)(F)F)c1Br)c1cccc(C(F)(F)F)c1Br. The van der Waals surface area contributed by atoms with Crippen LogP contribution in [0.3, 0.4) is 0 Å². The van der Waals surface area contributed by atoms with Crippen molar-refractivity contribution < 1.29 is 31.1 Å². The summed E-state index contributed by atoms with van der Waals surface area (Å²) in [5, 5.41) is 0. The number of alkyl halides is 6. The van der Waals surface area contributed by atoms with Gasteiger partial charge in [-0.15, -0.1) is 13.2 Å². The third kappa shape index (κ3) is 5.32. The minimum Gasteiger partial charge on any atom is -0.357 e. The van der Waals surface area contributed by atoms with Crippen LogP contribution in [0.15, 0.2) is 70.7 Å². The van der Waals surface area contributed by atoms with Gasteiger partial charge in [0.25, 0.3) is 0 Å². The van der Waals surface area contributed by atoms with Gasteiger partial charge >= 0.3 is 12.4 Å². The molecule has 9 heteroatoms. The molecule has 156 valence electrons. The normalized spacial score (nSPS) is 14.3. The van der Waals surface area contributed by atoms with Crippen LogP contribution in [-0.4, -0.2) is 0 Å². The average Bonchev–Trinajstić information content (AvgIpc) is 2.62. The molecule has 0 fully saturated rings. The average molecular weight is 544 g/mol. The number of rotatable bonds is 6. The van der Waals surface area contributed by atoms with Gasteiger partial charge in [0.05, 0.1) is 11.1 Å². The maximum Gasteiger partial charge on any atom is 0.417 e. The van der Waals surface area contributed by atoms with Crippen LogP contribution in [0.2, 0.25) is 0 Å². The van der Waals surface area contributed by atoms with E-state index in [0.717, 1.165) is 12.1 Å². The highest BCUT2D eigenvalue weighted by Crippen LogP contribution is 2.43. The molecule has 2 atom stereocenters. The molecule has 0 heterocycles. The Balaban J connectivity index is 2.46. The monoisotopic (exact) mass is 542 g/mol. The van der Waals surface area contributed by atoms with Gasteiger partial charge in [-0.25, -0.2) is 0 Å². The number of hydrogen-bond donors (Lipinski definition) is 0. The van der Waals surface area contributed by atoms with Crippen LogP contribution in [0.4, 0.5) is 26.3 Å². The standard InChI is InChI=1S/C20H14Br2F6O/c1-3-15(11-7-5-9-13(17(11)21)19(23,24)25)29-16(4-2)12-8-6-10-14(18(12)22)20(26,27)28/h3-10,15-16H,1-2H2. The van der Waals surface area contributed by atoms with Crippen molar-refractivity contribution in [2.24, 2.45) is 0 Å². The van der Waals surface area contributed by atoms with Crippen LogP contribution >= 0.6 is 31.9 Å². The summed E-state index contributed by atoms with van der Waals surface area (Å²) >= 11 is 5.89. The van der Waals surface area contributed by atoms with Gasteiger partial charge in [0.2, 0.25) is 0 Å². The first-order valence-corrected chi connectivity index (χ1v) is 9.62. The molecule has 0 radical (unpaired) electrons. The topological polar surface area (TPSA) is 9.23 Å². The maximum absolute atomic E-state index is 13.2. The van der Waals surface area contributed by atoms with Gasteiger partial charge in [-0.3, -0.25) is 0 Å². The Morgan fingerprint density at radius 3 is 1.34 bits per heavy atom. The fraction of sp³-hybridized carbons (Fsp3) is 0.200. The summed E-state index contributed by atoms with van der Waals surface area (Å²) < 4.78 is 84.4. The molecule has 0 amide bonds. The van der Waals surface area contributed by atoms with Crippen molar-refractivity contribution in [3.8, 4) is 0 Å². The van der Waals surface area contributed by atoms with E-state index in [1.165, 1.54) is 36.4 Å². The number of halogens is 8. The van der Waals surface area contributed by atoms with Crippen molar-refractivity contribution in [2.75, 3.05) is 0 Å². The molecule has 2 aromatic carbocycles. The van der Waals surface area contributed by atoms with E-state index in [1.54, 1.807) is 0 Å². The van der Waals surface area contributed by atoms with Crippen LogP contribution < -0.4 is 0 Å². The summed E-state index contributed by atoms with van der Waals surface area (Å²) in [5.74, 6) is 0. The van der Waals surface area contributed by atoms with Crippen molar-refractivity contribution in [1.82, 2.24) is 0 Å². The molecule has 0 N–H and O–H groups in total. The zero-order valence-electron chi connectivity index (χ0n) is 14.6. The minimum absolute atomic E-state index is 0.129. The molecule has 29 heavy (non-hydrogen) atoms. The van der Waals surface area contributed by atoms with Crippen molar-refractivity contribution in [3.63, 3.8) is 0 Å². The molecule has 0 bridgehead atoms. The highest BCUT2D eigenvalue weighted by molar-refractivity contribution is 9.10. The first-order chi connectivity index (χ1) is 13.4. The lowest BCUT2D eigenvalue weighted by atomic mass is 10.0. The Bertz CT molecular complexity index is 831. The van der Waals surface area contributed by atoms with E-state index in [-0.39, 0.29) is 20.1 Å². The summed E-state index contributed by atoms with van der Waals surface area (Å²) in [5.41, 5.74) is -1.55. The molecule has 0 saturated heterocycles. The lowest BCUT2D eigenvalue weighted by molar-refractivity contribution is -0.139. The molecular weight excluding hydrogens is 530 g/mol. The molecule has 2 aromatic rings. The largest absolute Gasteiger partial charge is 0.417 e. The van der Waals surface area contributed by atoms with Crippen molar-refractivity contribution in [2.45, 2.75) is 24.6 Å². The highest BCUT2D eigenvalue weighted by atomic mass is 79.9. The van der Waals surface area contributed by atoms with Crippen LogP contribution in [0, 0.1) is 0 Å². The molecule has 1 nitrogen and oxygen atoms in total. The Morgan fingerprint density at radius 2 is 1.07 bits per heavy atom. The number of benzene rings is 2. The summed E-state index contributed by atoms with van der Waals surface area (Å²) in [7, 11) is 0. The number of ether oxygens (including phenoxy) is 1. The fourth-order valence-electron chi connectivity index (χ4n) is 2.65. The summed E-state index contributed by atoms with van der Waals surface area (Å²) in [4.78, 5) is 0. The second-order valence-electron chi connectivity index (χ2n) is 5.86. The summed E-state index contributed by atoms with van der Waals surface area (Å²) in [6.45, 7) is 7.16. The smallest absolute Gasteiger partial charge is 0.357 e. The zero-order valence-corrected chi connectivity index (χ0v) is 17.8. The van der Waals surface area contributed by atoms with E-state index in [2.05, 4.69) is 45.0 Å². The quantitative estimate of drug-likeness (QED) is 0.262. The van der Waals surface area contributed by atoms with Gasteiger partial charge in [0.1, 0.15) is 12.2 Å². The van der Waals surface area contributed by atoms with Crippen LogP contribution in [0.1, 0.15) is 34.5 Å². The molecule has 2 rings (SSSR count). The summed E-state index contributed by atoms with van der Waals surface area (Å²) in [6.07, 6.45) is -8.76. The third-order valence-electron chi connectivity index (χ3n) is 4.00. The van der Waals surface area contributed by atoms with Gasteiger partial charge in [-0.2, -0.15) is 26.3 Å². The molecular formula is C20H14Br2F6O. The predicted molar refractivity (Wildman–Crippen MR) is 105 cm³/mol. The highest BCUT2D eigenvalue weighted by Gasteiger charge is 2.36. The van der Waals surface area contributed by atoms with Gasteiger partial charge in [-0.1, -0.05) is 36.4 Å². The predicted octanol–water partition coefficient (Wildman–Crippen LogP) is 8.42. The van der Waals surface area contributed by atoms with E-state index < -0.39 is 35.7 Å². The fourth-order valence-corrected chi connectivity index (χ4v) is 4.08. The third-order valence-corrected chi connectivity index (χ3v) is 5.77. The van der Waals surface area contributed by atoms with E-state index >= 15 is 0 Å². The van der Waals surface area contributed by atoms with Crippen LogP contribution in [0.25, 0.3) is 0 Å². The van der Waals surface area contributed by atoms with Gasteiger partial charge < -0.3 is 4.74 Å². The van der Waals surface area contributed by atoms with E-state index in [4.69, 9.17) is 4.74 Å². The van der Waals surface area contributed by atoms with Gasteiger partial charge in [-0.05, 0) is 55.1 Å². The van der Waals surface area contributed by atoms with E-state index in [9.17, 15) is 26.3 Å². The Labute approximate surface area is 180 Å². The van der Waals surface area contributed by atoms with Crippen LogP contribution in [-0.2, 0) is 17.1 Å². The molecule has 0 saturated carbocycles. The lowest BCUT2D eigenvalue weighted by Gasteiger charge is -2.24. The van der Waals surface area contributed by atoms with Gasteiger partial charge in [0.15, 0.2) is 0 Å². The first kappa shape index (κ1) is 23.7. The van der Waals surface area contributed by atoms with Gasteiger partial charge in [0, 0.05) is 8.95 Å². The molecule has 0 aliphatic rings. The number of hydrogen-bond acceptors (Lipinski definition) is 1. The van der Waals surface area contributed by atoms with Crippen LogP contribution in [0.5, 0.6) is 0 Å². The molecule has 0 aliphatic carbocycles. The Kier molecular flexibility index (Phi) is 7.40. The first-order valence-electron chi connectivity index (χ1n) is 8.03.